The molecule has 0 amide bonds. The van der Waals surface area contributed by atoms with Crippen LogP contribution < -0.4 is 0 Å². The molecular formula is C23H20N4O4S. The van der Waals surface area contributed by atoms with Gasteiger partial charge in [0.25, 0.3) is 5.69 Å². The Kier molecular flexibility index (Phi) is 6.46. The Balaban J connectivity index is 1.71. The van der Waals surface area contributed by atoms with Gasteiger partial charge >= 0.3 is 5.97 Å². The zero-order valence-corrected chi connectivity index (χ0v) is 18.1. The van der Waals surface area contributed by atoms with Gasteiger partial charge in [-0.3, -0.25) is 15.1 Å². The zero-order valence-electron chi connectivity index (χ0n) is 17.3. The summed E-state index contributed by atoms with van der Waals surface area (Å²) in [5.41, 5.74) is 3.47. The second-order valence-corrected chi connectivity index (χ2v) is 7.84. The van der Waals surface area contributed by atoms with Gasteiger partial charge in [-0.2, -0.15) is 0 Å². The number of esters is 1. The lowest BCUT2D eigenvalue weighted by molar-refractivity contribution is -0.385. The van der Waals surface area contributed by atoms with Crippen molar-refractivity contribution in [1.29, 1.82) is 0 Å². The van der Waals surface area contributed by atoms with E-state index in [-0.39, 0.29) is 10.6 Å². The third-order valence-corrected chi connectivity index (χ3v) is 5.84. The molecule has 8 nitrogen and oxygen atoms in total. The SMILES string of the molecule is CCOC(=O)c1ccc2c(c1)nc(SCc1ccccc1[N+](=O)[O-])n2Cc1ccccn1. The van der Waals surface area contributed by atoms with Gasteiger partial charge in [-0.1, -0.05) is 36.0 Å². The van der Waals surface area contributed by atoms with Crippen molar-refractivity contribution in [3.63, 3.8) is 0 Å². The standard InChI is InChI=1S/C23H20N4O4S/c1-2-31-22(28)16-10-11-21-19(13-16)25-23(26(21)14-18-8-5-6-12-24-18)32-15-17-7-3-4-9-20(17)27(29)30/h3-13H,2,14-15H2,1H3. The third-order valence-electron chi connectivity index (χ3n) is 4.82. The predicted molar refractivity (Wildman–Crippen MR) is 122 cm³/mol. The summed E-state index contributed by atoms with van der Waals surface area (Å²) < 4.78 is 7.10. The normalized spacial score (nSPS) is 10.9. The monoisotopic (exact) mass is 448 g/mol. The maximum absolute atomic E-state index is 12.1. The fourth-order valence-corrected chi connectivity index (χ4v) is 4.33. The average Bonchev–Trinajstić information content (AvgIpc) is 3.15. The van der Waals surface area contributed by atoms with E-state index in [4.69, 9.17) is 9.72 Å². The molecule has 0 saturated carbocycles. The Hall–Kier alpha value is -3.72. The van der Waals surface area contributed by atoms with E-state index in [1.807, 2.05) is 28.8 Å². The largest absolute Gasteiger partial charge is 0.462 e. The van der Waals surface area contributed by atoms with Crippen LogP contribution in [-0.4, -0.2) is 32.0 Å². The number of pyridine rings is 1. The number of carbonyl (C=O) groups is 1. The van der Waals surface area contributed by atoms with Crippen LogP contribution in [0.2, 0.25) is 0 Å². The number of imidazole rings is 1. The Morgan fingerprint density at radius 3 is 2.72 bits per heavy atom. The number of carbonyl (C=O) groups excluding carboxylic acids is 1. The average molecular weight is 449 g/mol. The van der Waals surface area contributed by atoms with Crippen molar-refractivity contribution in [1.82, 2.24) is 14.5 Å². The molecule has 0 saturated heterocycles. The van der Waals surface area contributed by atoms with E-state index in [1.54, 1.807) is 43.5 Å². The molecule has 2 aromatic heterocycles. The molecule has 0 atom stereocenters. The smallest absolute Gasteiger partial charge is 0.338 e. The first-order valence-corrected chi connectivity index (χ1v) is 11.0. The molecule has 0 radical (unpaired) electrons. The number of nitro groups is 1. The van der Waals surface area contributed by atoms with E-state index in [0.717, 1.165) is 11.2 Å². The first-order valence-electron chi connectivity index (χ1n) is 9.99. The minimum absolute atomic E-state index is 0.0805. The molecular weight excluding hydrogens is 428 g/mol. The molecule has 2 heterocycles. The maximum atomic E-state index is 12.1. The number of ether oxygens (including phenoxy) is 1. The van der Waals surface area contributed by atoms with Crippen molar-refractivity contribution in [3.05, 3.63) is 93.8 Å². The molecule has 0 fully saturated rings. The molecule has 162 valence electrons. The number of hydrogen-bond donors (Lipinski definition) is 0. The van der Waals surface area contributed by atoms with E-state index in [1.165, 1.54) is 17.8 Å². The second-order valence-electron chi connectivity index (χ2n) is 6.90. The van der Waals surface area contributed by atoms with Crippen LogP contribution in [-0.2, 0) is 17.0 Å². The quantitative estimate of drug-likeness (QED) is 0.164. The van der Waals surface area contributed by atoms with Gasteiger partial charge in [0.05, 0.1) is 40.4 Å². The Morgan fingerprint density at radius 2 is 1.97 bits per heavy atom. The van der Waals surface area contributed by atoms with Crippen LogP contribution in [0, 0.1) is 10.1 Å². The molecule has 0 N–H and O–H groups in total. The lowest BCUT2D eigenvalue weighted by Crippen LogP contribution is -2.05. The van der Waals surface area contributed by atoms with E-state index >= 15 is 0 Å². The number of thioether (sulfide) groups is 1. The molecule has 4 aromatic rings. The number of fused-ring (bicyclic) bond motifs is 1. The number of nitro benzene ring substituents is 1. The number of nitrogens with zero attached hydrogens (tertiary/aromatic N) is 4. The fourth-order valence-electron chi connectivity index (χ4n) is 3.32. The molecule has 2 aromatic carbocycles. The lowest BCUT2D eigenvalue weighted by Gasteiger charge is -2.09. The van der Waals surface area contributed by atoms with Gasteiger partial charge in [-0.05, 0) is 37.3 Å². The highest BCUT2D eigenvalue weighted by Gasteiger charge is 2.18. The molecule has 9 heteroatoms. The second kappa shape index (κ2) is 9.61. The number of benzene rings is 2. The first kappa shape index (κ1) is 21.5. The van der Waals surface area contributed by atoms with Crippen molar-refractivity contribution < 1.29 is 14.5 Å². The van der Waals surface area contributed by atoms with Gasteiger partial charge in [0.1, 0.15) is 0 Å². The Bertz CT molecular complexity index is 1270. The molecule has 0 aliphatic heterocycles. The van der Waals surface area contributed by atoms with Crippen molar-refractivity contribution in [2.24, 2.45) is 0 Å². The van der Waals surface area contributed by atoms with Crippen LogP contribution in [0.15, 0.2) is 72.0 Å². The summed E-state index contributed by atoms with van der Waals surface area (Å²) in [4.78, 5) is 32.3. The minimum Gasteiger partial charge on any atom is -0.462 e. The molecule has 32 heavy (non-hydrogen) atoms. The van der Waals surface area contributed by atoms with Crippen LogP contribution in [0.3, 0.4) is 0 Å². The van der Waals surface area contributed by atoms with Gasteiger partial charge in [-0.15, -0.1) is 0 Å². The van der Waals surface area contributed by atoms with Crippen molar-refractivity contribution in [2.45, 2.75) is 24.4 Å². The molecule has 0 aliphatic carbocycles. The van der Waals surface area contributed by atoms with Crippen LogP contribution in [0.25, 0.3) is 11.0 Å². The topological polar surface area (TPSA) is 100 Å². The number of rotatable bonds is 8. The zero-order chi connectivity index (χ0) is 22.5. The number of aromatic nitrogens is 3. The van der Waals surface area contributed by atoms with Gasteiger partial charge in [-0.25, -0.2) is 9.78 Å². The highest BCUT2D eigenvalue weighted by atomic mass is 32.2. The first-order chi connectivity index (χ1) is 15.6. The van der Waals surface area contributed by atoms with Crippen LogP contribution in [0.1, 0.15) is 28.5 Å². The fraction of sp³-hybridized carbons (Fsp3) is 0.174. The molecule has 0 unspecified atom stereocenters. The van der Waals surface area contributed by atoms with Crippen molar-refractivity contribution >= 4 is 34.5 Å². The minimum atomic E-state index is -0.400. The van der Waals surface area contributed by atoms with E-state index in [0.29, 0.717) is 40.7 Å². The van der Waals surface area contributed by atoms with E-state index < -0.39 is 5.97 Å². The Labute approximate surface area is 188 Å². The Morgan fingerprint density at radius 1 is 1.16 bits per heavy atom. The molecule has 0 aliphatic rings. The lowest BCUT2D eigenvalue weighted by atomic mass is 10.2. The van der Waals surface area contributed by atoms with Crippen molar-refractivity contribution in [2.75, 3.05) is 6.61 Å². The summed E-state index contributed by atoms with van der Waals surface area (Å²) in [6.45, 7) is 2.53. The van der Waals surface area contributed by atoms with Crippen LogP contribution in [0.4, 0.5) is 5.69 Å². The third kappa shape index (κ3) is 4.62. The van der Waals surface area contributed by atoms with E-state index in [2.05, 4.69) is 4.98 Å². The van der Waals surface area contributed by atoms with Crippen LogP contribution >= 0.6 is 11.8 Å². The van der Waals surface area contributed by atoms with Gasteiger partial charge < -0.3 is 9.30 Å². The maximum Gasteiger partial charge on any atom is 0.338 e. The number of hydrogen-bond acceptors (Lipinski definition) is 7. The summed E-state index contributed by atoms with van der Waals surface area (Å²) in [5, 5.41) is 12.0. The van der Waals surface area contributed by atoms with Gasteiger partial charge in [0.2, 0.25) is 0 Å². The highest BCUT2D eigenvalue weighted by molar-refractivity contribution is 7.98. The van der Waals surface area contributed by atoms with Gasteiger partial charge in [0, 0.05) is 23.6 Å². The molecule has 4 rings (SSSR count). The molecule has 0 spiro atoms. The predicted octanol–water partition coefficient (Wildman–Crippen LogP) is 4.86. The summed E-state index contributed by atoms with van der Waals surface area (Å²) >= 11 is 1.40. The van der Waals surface area contributed by atoms with Crippen molar-refractivity contribution in [3.8, 4) is 0 Å². The van der Waals surface area contributed by atoms with E-state index in [9.17, 15) is 14.9 Å². The molecule has 0 bridgehead atoms. The summed E-state index contributed by atoms with van der Waals surface area (Å²) in [6, 6.07) is 17.6. The summed E-state index contributed by atoms with van der Waals surface area (Å²) in [5.74, 6) is -0.0178. The number of para-hydroxylation sites is 1. The van der Waals surface area contributed by atoms with Gasteiger partial charge in [0.15, 0.2) is 5.16 Å². The highest BCUT2D eigenvalue weighted by Crippen LogP contribution is 2.31. The van der Waals surface area contributed by atoms with Crippen LogP contribution in [0.5, 0.6) is 0 Å². The summed E-state index contributed by atoms with van der Waals surface area (Å²) in [6.07, 6.45) is 1.73. The summed E-state index contributed by atoms with van der Waals surface area (Å²) in [7, 11) is 0.